The molecule has 0 aromatic heterocycles. The molecule has 3 atom stereocenters. The van der Waals surface area contributed by atoms with Crippen LogP contribution in [0.2, 0.25) is 0 Å². The number of carbonyl (C=O) groups is 3. The molecule has 3 N–H and O–H groups in total. The second kappa shape index (κ2) is 11.3. The highest BCUT2D eigenvalue weighted by molar-refractivity contribution is 5.95. The average molecular weight is 474 g/mol. The molecule has 1 heterocycles. The lowest BCUT2D eigenvalue weighted by Gasteiger charge is -2.27. The molecule has 3 amide bonds. The Morgan fingerprint density at radius 3 is 2.06 bits per heavy atom. The molecule has 35 heavy (non-hydrogen) atoms. The van der Waals surface area contributed by atoms with Crippen LogP contribution in [-0.4, -0.2) is 52.6 Å². The van der Waals surface area contributed by atoms with Crippen LogP contribution in [0.3, 0.4) is 0 Å². The molecule has 8 nitrogen and oxygen atoms in total. The highest BCUT2D eigenvalue weighted by Crippen LogP contribution is 2.22. The van der Waals surface area contributed by atoms with Crippen molar-refractivity contribution in [2.75, 3.05) is 6.54 Å². The summed E-state index contributed by atoms with van der Waals surface area (Å²) >= 11 is 0. The number of hydrogen-bond acceptors (Lipinski definition) is 5. The summed E-state index contributed by atoms with van der Waals surface area (Å²) in [5.74, 6) is -0.949. The molecular formula is C27H27N3O5. The molecule has 0 unspecified atom stereocenters. The van der Waals surface area contributed by atoms with Gasteiger partial charge in [-0.1, -0.05) is 78.9 Å². The van der Waals surface area contributed by atoms with Crippen LogP contribution in [0.4, 0.5) is 4.79 Å². The monoisotopic (exact) mass is 473 g/mol. The Balaban J connectivity index is 1.51. The normalized spacial score (nSPS) is 19.1. The van der Waals surface area contributed by atoms with Crippen molar-refractivity contribution < 1.29 is 24.2 Å². The standard InChI is InChI=1S/C27H27N3O5/c31-22-17-30(27(34)35-18-20-12-6-2-7-13-20)24(26(33)28-16-19-10-4-1-5-11-19)23(22)29-25(32)21-14-8-3-9-15-21/h1-15,22-24,31H,16-18H2,(H,28,33)(H,29,32)/t22-,23+,24-/m0/s1. The van der Waals surface area contributed by atoms with Crippen LogP contribution >= 0.6 is 0 Å². The predicted molar refractivity (Wildman–Crippen MR) is 129 cm³/mol. The molecule has 1 aliphatic heterocycles. The van der Waals surface area contributed by atoms with Gasteiger partial charge in [0.25, 0.3) is 5.91 Å². The van der Waals surface area contributed by atoms with E-state index < -0.39 is 36.1 Å². The van der Waals surface area contributed by atoms with Gasteiger partial charge in [-0.05, 0) is 23.3 Å². The zero-order valence-corrected chi connectivity index (χ0v) is 19.0. The van der Waals surface area contributed by atoms with Gasteiger partial charge in [0.15, 0.2) is 0 Å². The quantitative estimate of drug-likeness (QED) is 0.489. The third-order valence-corrected chi connectivity index (χ3v) is 5.83. The Bertz CT molecular complexity index is 1140. The van der Waals surface area contributed by atoms with Crippen molar-refractivity contribution in [3.8, 4) is 0 Å². The molecule has 0 spiro atoms. The summed E-state index contributed by atoms with van der Waals surface area (Å²) in [6, 6.07) is 24.8. The molecular weight excluding hydrogens is 446 g/mol. The van der Waals surface area contributed by atoms with Gasteiger partial charge >= 0.3 is 6.09 Å². The van der Waals surface area contributed by atoms with Gasteiger partial charge in [-0.3, -0.25) is 14.5 Å². The van der Waals surface area contributed by atoms with Gasteiger partial charge in [0.1, 0.15) is 12.6 Å². The van der Waals surface area contributed by atoms with Crippen molar-refractivity contribution in [1.82, 2.24) is 15.5 Å². The van der Waals surface area contributed by atoms with E-state index in [1.807, 2.05) is 60.7 Å². The van der Waals surface area contributed by atoms with Gasteiger partial charge in [-0.2, -0.15) is 0 Å². The van der Waals surface area contributed by atoms with E-state index in [2.05, 4.69) is 10.6 Å². The number of hydrogen-bond donors (Lipinski definition) is 3. The highest BCUT2D eigenvalue weighted by atomic mass is 16.6. The molecule has 1 aliphatic rings. The molecule has 3 aromatic carbocycles. The maximum Gasteiger partial charge on any atom is 0.410 e. The first-order valence-corrected chi connectivity index (χ1v) is 11.4. The molecule has 0 radical (unpaired) electrons. The van der Waals surface area contributed by atoms with Gasteiger partial charge < -0.3 is 20.5 Å². The Hall–Kier alpha value is -4.17. The maximum atomic E-state index is 13.3. The van der Waals surface area contributed by atoms with E-state index in [0.29, 0.717) is 5.56 Å². The van der Waals surface area contributed by atoms with Crippen molar-refractivity contribution in [1.29, 1.82) is 0 Å². The third kappa shape index (κ3) is 6.04. The fraction of sp³-hybridized carbons (Fsp3) is 0.222. The van der Waals surface area contributed by atoms with Crippen LogP contribution in [0, 0.1) is 0 Å². The van der Waals surface area contributed by atoms with Crippen molar-refractivity contribution in [3.63, 3.8) is 0 Å². The van der Waals surface area contributed by atoms with Crippen LogP contribution in [0.5, 0.6) is 0 Å². The number of amides is 3. The van der Waals surface area contributed by atoms with Crippen molar-refractivity contribution in [3.05, 3.63) is 108 Å². The molecule has 1 saturated heterocycles. The summed E-state index contributed by atoms with van der Waals surface area (Å²) in [5.41, 5.74) is 2.05. The number of β-amino-alcohol motifs (C(OH)–C–C–N with tert-alkyl or cyclic N) is 1. The SMILES string of the molecule is O=C(N[C@H]1[C@@H](C(=O)NCc2ccccc2)N(C(=O)OCc2ccccc2)C[C@@H]1O)c1ccccc1. The zero-order valence-electron chi connectivity index (χ0n) is 19.0. The van der Waals surface area contributed by atoms with Crippen molar-refractivity contribution in [2.24, 2.45) is 0 Å². The first kappa shape index (κ1) is 24.0. The van der Waals surface area contributed by atoms with Gasteiger partial charge in [0.05, 0.1) is 18.7 Å². The molecule has 180 valence electrons. The number of rotatable bonds is 7. The lowest BCUT2D eigenvalue weighted by Crippen LogP contribution is -2.56. The lowest BCUT2D eigenvalue weighted by atomic mass is 10.1. The molecule has 4 rings (SSSR count). The second-order valence-electron chi connectivity index (χ2n) is 8.27. The fourth-order valence-corrected chi connectivity index (χ4v) is 4.02. The smallest absolute Gasteiger partial charge is 0.410 e. The van der Waals surface area contributed by atoms with E-state index in [1.165, 1.54) is 4.90 Å². The number of aliphatic hydroxyl groups is 1. The van der Waals surface area contributed by atoms with Crippen molar-refractivity contribution >= 4 is 17.9 Å². The minimum absolute atomic E-state index is 0.0195. The number of likely N-dealkylation sites (tertiary alicyclic amines) is 1. The molecule has 8 heteroatoms. The summed E-state index contributed by atoms with van der Waals surface area (Å²) in [4.78, 5) is 40.2. The van der Waals surface area contributed by atoms with Crippen molar-refractivity contribution in [2.45, 2.75) is 31.3 Å². The Morgan fingerprint density at radius 1 is 0.857 bits per heavy atom. The molecule has 0 bridgehead atoms. The maximum absolute atomic E-state index is 13.3. The van der Waals surface area contributed by atoms with E-state index in [4.69, 9.17) is 4.74 Å². The van der Waals surface area contributed by atoms with Gasteiger partial charge in [-0.15, -0.1) is 0 Å². The average Bonchev–Trinajstić information content (AvgIpc) is 3.23. The molecule has 3 aromatic rings. The Morgan fingerprint density at radius 2 is 1.43 bits per heavy atom. The summed E-state index contributed by atoms with van der Waals surface area (Å²) < 4.78 is 5.42. The fourth-order valence-electron chi connectivity index (χ4n) is 4.02. The summed E-state index contributed by atoms with van der Waals surface area (Å²) in [7, 11) is 0. The predicted octanol–water partition coefficient (Wildman–Crippen LogP) is 2.48. The van der Waals surface area contributed by atoms with Gasteiger partial charge in [0.2, 0.25) is 5.91 Å². The number of aliphatic hydroxyl groups excluding tert-OH is 1. The molecule has 0 saturated carbocycles. The summed E-state index contributed by atoms with van der Waals surface area (Å²) in [6.07, 6.45) is -1.90. The van der Waals surface area contributed by atoms with E-state index >= 15 is 0 Å². The Labute approximate surface area is 203 Å². The minimum Gasteiger partial charge on any atom is -0.445 e. The minimum atomic E-state index is -1.15. The van der Waals surface area contributed by atoms with Gasteiger partial charge in [0, 0.05) is 12.1 Å². The number of nitrogens with one attached hydrogen (secondary N) is 2. The summed E-state index contributed by atoms with van der Waals surface area (Å²) in [6.45, 7) is 0.0982. The first-order valence-electron chi connectivity index (χ1n) is 11.4. The number of nitrogens with zero attached hydrogens (tertiary/aromatic N) is 1. The topological polar surface area (TPSA) is 108 Å². The highest BCUT2D eigenvalue weighted by Gasteiger charge is 2.48. The van der Waals surface area contributed by atoms with Crippen LogP contribution < -0.4 is 10.6 Å². The van der Waals surface area contributed by atoms with E-state index in [9.17, 15) is 19.5 Å². The van der Waals surface area contributed by atoms with E-state index in [-0.39, 0.29) is 19.7 Å². The van der Waals surface area contributed by atoms with Crippen LogP contribution in [0.15, 0.2) is 91.0 Å². The van der Waals surface area contributed by atoms with E-state index in [1.54, 1.807) is 30.3 Å². The van der Waals surface area contributed by atoms with Gasteiger partial charge in [-0.25, -0.2) is 4.79 Å². The zero-order chi connectivity index (χ0) is 24.6. The van der Waals surface area contributed by atoms with E-state index in [0.717, 1.165) is 11.1 Å². The largest absolute Gasteiger partial charge is 0.445 e. The summed E-state index contributed by atoms with van der Waals surface area (Å²) in [5, 5.41) is 16.3. The van der Waals surface area contributed by atoms with Crippen LogP contribution in [0.1, 0.15) is 21.5 Å². The number of carbonyl (C=O) groups excluding carboxylic acids is 3. The van der Waals surface area contributed by atoms with Crippen LogP contribution in [-0.2, 0) is 22.7 Å². The third-order valence-electron chi connectivity index (χ3n) is 5.83. The lowest BCUT2D eigenvalue weighted by molar-refractivity contribution is -0.125. The Kier molecular flexibility index (Phi) is 7.74. The van der Waals surface area contributed by atoms with Crippen LogP contribution in [0.25, 0.3) is 0 Å². The second-order valence-corrected chi connectivity index (χ2v) is 8.27. The molecule has 0 aliphatic carbocycles. The first-order chi connectivity index (χ1) is 17.0. The molecule has 1 fully saturated rings. The number of ether oxygens (including phenoxy) is 1. The number of benzene rings is 3.